The summed E-state index contributed by atoms with van der Waals surface area (Å²) in [6, 6.07) is 5.47. The van der Waals surface area contributed by atoms with Crippen LogP contribution in [-0.2, 0) is 11.3 Å². The average molecular weight is 362 g/mol. The topological polar surface area (TPSA) is 75.2 Å². The summed E-state index contributed by atoms with van der Waals surface area (Å²) < 4.78 is 10.0. The third-order valence-electron chi connectivity index (χ3n) is 4.52. The lowest BCUT2D eigenvalue weighted by molar-refractivity contribution is 0.0597. The highest BCUT2D eigenvalue weighted by Gasteiger charge is 2.14. The molecular weight excluding hydrogens is 332 g/mol. The molecule has 1 aromatic carbocycles. The van der Waals surface area contributed by atoms with Crippen molar-refractivity contribution in [1.82, 2.24) is 15.5 Å². The smallest absolute Gasteiger partial charge is 0.341 e. The van der Waals surface area contributed by atoms with Crippen molar-refractivity contribution in [3.8, 4) is 5.75 Å². The lowest BCUT2D eigenvalue weighted by Crippen LogP contribution is -2.42. The van der Waals surface area contributed by atoms with E-state index >= 15 is 0 Å². The first-order valence-electron chi connectivity index (χ1n) is 9.10. The minimum Gasteiger partial charge on any atom is -0.496 e. The summed E-state index contributed by atoms with van der Waals surface area (Å²) in [5.41, 5.74) is 1.37. The minimum atomic E-state index is -0.410. The fourth-order valence-corrected chi connectivity index (χ4v) is 3.06. The van der Waals surface area contributed by atoms with Crippen molar-refractivity contribution in [2.75, 3.05) is 47.4 Å². The van der Waals surface area contributed by atoms with Gasteiger partial charge in [-0.1, -0.05) is 12.5 Å². The Kier molecular flexibility index (Phi) is 8.21. The minimum absolute atomic E-state index is 0.410. The standard InChI is InChI=1S/C19H30N4O3/c1-20-19(21-9-12-23-10-5-4-6-11-23)22-14-15-7-8-17(25-2)16(13-15)18(24)26-3/h7-8,13H,4-6,9-12,14H2,1-3H3,(H2,20,21,22). The molecule has 0 amide bonds. The number of hydrogen-bond acceptors (Lipinski definition) is 5. The summed E-state index contributed by atoms with van der Waals surface area (Å²) >= 11 is 0. The molecule has 2 rings (SSSR count). The van der Waals surface area contributed by atoms with E-state index in [-0.39, 0.29) is 0 Å². The lowest BCUT2D eigenvalue weighted by atomic mass is 10.1. The highest BCUT2D eigenvalue weighted by molar-refractivity contribution is 5.92. The SMILES string of the molecule is CN=C(NCCN1CCCCC1)NCc1ccc(OC)c(C(=O)OC)c1. The van der Waals surface area contributed by atoms with Crippen LogP contribution in [0.5, 0.6) is 5.75 Å². The number of carbonyl (C=O) groups excluding carboxylic acids is 1. The molecule has 7 heteroatoms. The number of likely N-dealkylation sites (tertiary alicyclic amines) is 1. The van der Waals surface area contributed by atoms with Gasteiger partial charge in [-0.05, 0) is 43.6 Å². The maximum absolute atomic E-state index is 11.9. The van der Waals surface area contributed by atoms with Crippen LogP contribution in [0, 0.1) is 0 Å². The van der Waals surface area contributed by atoms with Gasteiger partial charge >= 0.3 is 5.97 Å². The van der Waals surface area contributed by atoms with Crippen molar-refractivity contribution >= 4 is 11.9 Å². The zero-order valence-electron chi connectivity index (χ0n) is 16.0. The molecule has 1 fully saturated rings. The van der Waals surface area contributed by atoms with Crippen molar-refractivity contribution in [3.63, 3.8) is 0 Å². The van der Waals surface area contributed by atoms with Gasteiger partial charge in [-0.2, -0.15) is 0 Å². The molecule has 0 bridgehead atoms. The van der Waals surface area contributed by atoms with E-state index in [2.05, 4.69) is 20.5 Å². The lowest BCUT2D eigenvalue weighted by Gasteiger charge is -2.26. The molecule has 1 aromatic rings. The zero-order chi connectivity index (χ0) is 18.8. The number of guanidine groups is 1. The average Bonchev–Trinajstić information content (AvgIpc) is 2.70. The highest BCUT2D eigenvalue weighted by atomic mass is 16.5. The molecule has 2 N–H and O–H groups in total. The van der Waals surface area contributed by atoms with E-state index in [9.17, 15) is 4.79 Å². The highest BCUT2D eigenvalue weighted by Crippen LogP contribution is 2.20. The first-order valence-corrected chi connectivity index (χ1v) is 9.10. The van der Waals surface area contributed by atoms with E-state index in [1.54, 1.807) is 19.2 Å². The van der Waals surface area contributed by atoms with Gasteiger partial charge in [0.25, 0.3) is 0 Å². The zero-order valence-corrected chi connectivity index (χ0v) is 16.0. The fourth-order valence-electron chi connectivity index (χ4n) is 3.06. The van der Waals surface area contributed by atoms with Gasteiger partial charge in [0.05, 0.1) is 14.2 Å². The summed E-state index contributed by atoms with van der Waals surface area (Å²) in [6.45, 7) is 4.81. The summed E-state index contributed by atoms with van der Waals surface area (Å²) in [4.78, 5) is 18.6. The van der Waals surface area contributed by atoms with Crippen molar-refractivity contribution < 1.29 is 14.3 Å². The molecule has 1 heterocycles. The molecule has 0 spiro atoms. The maximum atomic E-state index is 11.9. The van der Waals surface area contributed by atoms with Gasteiger partial charge in [-0.3, -0.25) is 4.99 Å². The molecule has 1 aliphatic heterocycles. The number of hydrogen-bond donors (Lipinski definition) is 2. The number of benzene rings is 1. The third kappa shape index (κ3) is 5.91. The largest absolute Gasteiger partial charge is 0.496 e. The Labute approximate surface area is 155 Å². The third-order valence-corrected chi connectivity index (χ3v) is 4.52. The second-order valence-corrected chi connectivity index (χ2v) is 6.28. The van der Waals surface area contributed by atoms with Crippen LogP contribution in [-0.4, -0.2) is 64.3 Å². The molecule has 0 atom stereocenters. The summed E-state index contributed by atoms with van der Waals surface area (Å²) in [5, 5.41) is 6.61. The number of aliphatic imine (C=N–C) groups is 1. The first kappa shape index (κ1) is 20.0. The molecule has 0 aromatic heterocycles. The second kappa shape index (κ2) is 10.7. The van der Waals surface area contributed by atoms with Gasteiger partial charge in [-0.25, -0.2) is 4.79 Å². The Morgan fingerprint density at radius 3 is 2.62 bits per heavy atom. The summed E-state index contributed by atoms with van der Waals surface area (Å²) in [5.74, 6) is 0.842. The van der Waals surface area contributed by atoms with Gasteiger partial charge in [0.1, 0.15) is 11.3 Å². The van der Waals surface area contributed by atoms with Crippen molar-refractivity contribution in [2.24, 2.45) is 4.99 Å². The molecule has 7 nitrogen and oxygen atoms in total. The van der Waals surface area contributed by atoms with Gasteiger partial charge in [0.15, 0.2) is 5.96 Å². The Morgan fingerprint density at radius 1 is 1.19 bits per heavy atom. The first-order chi connectivity index (χ1) is 12.7. The number of methoxy groups -OCH3 is 2. The van der Waals surface area contributed by atoms with Gasteiger partial charge in [-0.15, -0.1) is 0 Å². The van der Waals surface area contributed by atoms with E-state index in [0.29, 0.717) is 17.9 Å². The van der Waals surface area contributed by atoms with Crippen LogP contribution in [0.3, 0.4) is 0 Å². The molecule has 1 saturated heterocycles. The van der Waals surface area contributed by atoms with Crippen LogP contribution in [0.15, 0.2) is 23.2 Å². The Bertz CT molecular complexity index is 613. The van der Waals surface area contributed by atoms with E-state index in [1.165, 1.54) is 46.6 Å². The van der Waals surface area contributed by atoms with E-state index in [0.717, 1.165) is 24.6 Å². The number of ether oxygens (including phenoxy) is 2. The molecule has 26 heavy (non-hydrogen) atoms. The molecule has 0 saturated carbocycles. The van der Waals surface area contributed by atoms with Crippen LogP contribution >= 0.6 is 0 Å². The summed E-state index contributed by atoms with van der Waals surface area (Å²) in [6.07, 6.45) is 3.95. The van der Waals surface area contributed by atoms with Crippen molar-refractivity contribution in [3.05, 3.63) is 29.3 Å². The molecule has 0 aliphatic carbocycles. The normalized spacial score (nSPS) is 15.4. The number of esters is 1. The Hall–Kier alpha value is -2.28. The number of nitrogens with zero attached hydrogens (tertiary/aromatic N) is 2. The van der Waals surface area contributed by atoms with Crippen LogP contribution in [0.1, 0.15) is 35.2 Å². The van der Waals surface area contributed by atoms with E-state index in [1.807, 2.05) is 6.07 Å². The van der Waals surface area contributed by atoms with Crippen molar-refractivity contribution in [1.29, 1.82) is 0 Å². The number of piperidine rings is 1. The van der Waals surface area contributed by atoms with Crippen LogP contribution in [0.2, 0.25) is 0 Å². The van der Waals surface area contributed by atoms with Gasteiger partial charge in [0.2, 0.25) is 0 Å². The Balaban J connectivity index is 1.84. The fraction of sp³-hybridized carbons (Fsp3) is 0.579. The molecule has 144 valence electrons. The second-order valence-electron chi connectivity index (χ2n) is 6.28. The number of rotatable bonds is 7. The van der Waals surface area contributed by atoms with Crippen LogP contribution in [0.4, 0.5) is 0 Å². The Morgan fingerprint density at radius 2 is 1.96 bits per heavy atom. The molecule has 1 aliphatic rings. The molecule has 0 radical (unpaired) electrons. The number of carbonyl (C=O) groups is 1. The predicted octanol–water partition coefficient (Wildman–Crippen LogP) is 1.63. The van der Waals surface area contributed by atoms with Gasteiger partial charge < -0.3 is 25.0 Å². The maximum Gasteiger partial charge on any atom is 0.341 e. The van der Waals surface area contributed by atoms with Crippen LogP contribution < -0.4 is 15.4 Å². The van der Waals surface area contributed by atoms with E-state index in [4.69, 9.17) is 9.47 Å². The predicted molar refractivity (Wildman–Crippen MR) is 103 cm³/mol. The van der Waals surface area contributed by atoms with Gasteiger partial charge in [0, 0.05) is 26.7 Å². The quantitative estimate of drug-likeness (QED) is 0.436. The van der Waals surface area contributed by atoms with Crippen LogP contribution in [0.25, 0.3) is 0 Å². The van der Waals surface area contributed by atoms with E-state index < -0.39 is 5.97 Å². The molecular formula is C19H30N4O3. The summed E-state index contributed by atoms with van der Waals surface area (Å²) in [7, 11) is 4.65. The monoisotopic (exact) mass is 362 g/mol. The molecule has 0 unspecified atom stereocenters. The number of nitrogens with one attached hydrogen (secondary N) is 2. The van der Waals surface area contributed by atoms with Crippen molar-refractivity contribution in [2.45, 2.75) is 25.8 Å².